The molecular formula is C28H25Cl2F3N4O3. The smallest absolute Gasteiger partial charge is 0.416 e. The molecule has 0 fully saturated rings. The SMILES string of the molecule is COCCN(C(=O)c1cc2[nH]c(Nc3c(Cl)cccc3Cl)nc2c2c1OC(C)(C)C2)c1ccc(C(F)(F)F)cc1. The van der Waals surface area contributed by atoms with Crippen LogP contribution in [0.5, 0.6) is 5.75 Å². The molecule has 12 heteroatoms. The highest BCUT2D eigenvalue weighted by atomic mass is 35.5. The summed E-state index contributed by atoms with van der Waals surface area (Å²) in [6.45, 7) is 4.08. The second-order valence-corrected chi connectivity index (χ2v) is 10.8. The summed E-state index contributed by atoms with van der Waals surface area (Å²) in [7, 11) is 1.48. The highest BCUT2D eigenvalue weighted by molar-refractivity contribution is 6.39. The zero-order chi connectivity index (χ0) is 28.8. The van der Waals surface area contributed by atoms with Crippen molar-refractivity contribution in [3.63, 3.8) is 0 Å². The van der Waals surface area contributed by atoms with Crippen molar-refractivity contribution in [3.8, 4) is 5.75 Å². The molecule has 2 heterocycles. The number of aromatic nitrogens is 2. The Hall–Kier alpha value is -3.47. The molecule has 0 saturated heterocycles. The number of nitrogens with one attached hydrogen (secondary N) is 2. The van der Waals surface area contributed by atoms with E-state index in [0.717, 1.165) is 17.7 Å². The number of ether oxygens (including phenoxy) is 2. The number of carbonyl (C=O) groups excluding carboxylic acids is 1. The molecule has 40 heavy (non-hydrogen) atoms. The van der Waals surface area contributed by atoms with E-state index in [1.165, 1.54) is 24.1 Å². The van der Waals surface area contributed by atoms with E-state index in [-0.39, 0.29) is 18.7 Å². The molecule has 0 saturated carbocycles. The summed E-state index contributed by atoms with van der Waals surface area (Å²) in [4.78, 5) is 23.3. The Kier molecular flexibility index (Phi) is 7.37. The number of hydrogen-bond acceptors (Lipinski definition) is 5. The zero-order valence-corrected chi connectivity index (χ0v) is 23.3. The quantitative estimate of drug-likeness (QED) is 0.230. The van der Waals surface area contributed by atoms with Gasteiger partial charge in [0.25, 0.3) is 5.91 Å². The number of methoxy groups -OCH3 is 1. The number of H-pyrrole nitrogens is 1. The fourth-order valence-electron chi connectivity index (χ4n) is 4.68. The maximum Gasteiger partial charge on any atom is 0.416 e. The first-order valence-corrected chi connectivity index (χ1v) is 13.1. The van der Waals surface area contributed by atoms with Crippen LogP contribution in [0.2, 0.25) is 10.0 Å². The van der Waals surface area contributed by atoms with Crippen molar-refractivity contribution in [3.05, 3.63) is 75.3 Å². The Morgan fingerprint density at radius 3 is 2.48 bits per heavy atom. The van der Waals surface area contributed by atoms with Crippen LogP contribution in [0.15, 0.2) is 48.5 Å². The minimum Gasteiger partial charge on any atom is -0.486 e. The van der Waals surface area contributed by atoms with Crippen molar-refractivity contribution in [2.24, 2.45) is 0 Å². The third-order valence-corrected chi connectivity index (χ3v) is 7.14. The summed E-state index contributed by atoms with van der Waals surface area (Å²) < 4.78 is 50.9. The Balaban J connectivity index is 1.58. The van der Waals surface area contributed by atoms with Crippen molar-refractivity contribution < 1.29 is 27.4 Å². The van der Waals surface area contributed by atoms with E-state index >= 15 is 0 Å². The molecule has 0 radical (unpaired) electrons. The molecule has 7 nitrogen and oxygen atoms in total. The molecular weight excluding hydrogens is 568 g/mol. The maximum absolute atomic E-state index is 14.0. The van der Waals surface area contributed by atoms with E-state index in [4.69, 9.17) is 37.7 Å². The summed E-state index contributed by atoms with van der Waals surface area (Å²) in [5.74, 6) is 0.289. The summed E-state index contributed by atoms with van der Waals surface area (Å²) in [5, 5.41) is 3.92. The van der Waals surface area contributed by atoms with Gasteiger partial charge in [-0.15, -0.1) is 0 Å². The predicted molar refractivity (Wildman–Crippen MR) is 149 cm³/mol. The molecule has 210 valence electrons. The first kappa shape index (κ1) is 28.1. The van der Waals surface area contributed by atoms with Gasteiger partial charge in [0.1, 0.15) is 11.4 Å². The predicted octanol–water partition coefficient (Wildman–Crippen LogP) is 7.64. The van der Waals surface area contributed by atoms with E-state index in [9.17, 15) is 18.0 Å². The fraction of sp³-hybridized carbons (Fsp3) is 0.286. The van der Waals surface area contributed by atoms with Gasteiger partial charge in [-0.3, -0.25) is 4.79 Å². The lowest BCUT2D eigenvalue weighted by atomic mass is 9.98. The number of carbonyl (C=O) groups is 1. The lowest BCUT2D eigenvalue weighted by Crippen LogP contribution is -2.34. The largest absolute Gasteiger partial charge is 0.486 e. The number of imidazole rings is 1. The van der Waals surface area contributed by atoms with Crippen molar-refractivity contribution in [2.75, 3.05) is 30.5 Å². The number of para-hydroxylation sites is 1. The van der Waals surface area contributed by atoms with Crippen LogP contribution in [0.25, 0.3) is 11.0 Å². The third-order valence-electron chi connectivity index (χ3n) is 6.51. The van der Waals surface area contributed by atoms with Gasteiger partial charge in [0, 0.05) is 31.3 Å². The van der Waals surface area contributed by atoms with Gasteiger partial charge in [0.2, 0.25) is 5.95 Å². The van der Waals surface area contributed by atoms with Crippen LogP contribution >= 0.6 is 23.2 Å². The van der Waals surface area contributed by atoms with E-state index in [1.807, 2.05) is 13.8 Å². The van der Waals surface area contributed by atoms with Gasteiger partial charge >= 0.3 is 6.18 Å². The topological polar surface area (TPSA) is 79.5 Å². The van der Waals surface area contributed by atoms with Crippen LogP contribution < -0.4 is 15.0 Å². The van der Waals surface area contributed by atoms with E-state index in [0.29, 0.717) is 50.6 Å². The first-order chi connectivity index (χ1) is 18.9. The Bertz CT molecular complexity index is 1570. The number of fused-ring (bicyclic) bond motifs is 3. The number of aromatic amines is 1. The minimum atomic E-state index is -4.49. The second-order valence-electron chi connectivity index (χ2n) is 9.97. The summed E-state index contributed by atoms with van der Waals surface area (Å²) in [6.07, 6.45) is -4.01. The highest BCUT2D eigenvalue weighted by Crippen LogP contribution is 2.43. The molecule has 0 spiro atoms. The monoisotopic (exact) mass is 592 g/mol. The number of anilines is 3. The standard InChI is InChI=1S/C28H25Cl2F3N4O3/c1-27(2)14-18-22-21(34-26(35-22)36-23-19(29)5-4-6-20(23)30)13-17(24(18)40-27)25(38)37(11-12-39-3)16-9-7-15(8-10-16)28(31,32)33/h4-10,13H,11-12,14H2,1-3H3,(H2,34,35,36). The highest BCUT2D eigenvalue weighted by Gasteiger charge is 2.37. The summed E-state index contributed by atoms with van der Waals surface area (Å²) >= 11 is 12.6. The molecule has 0 unspecified atom stereocenters. The van der Waals surface area contributed by atoms with Gasteiger partial charge in [-0.1, -0.05) is 29.3 Å². The maximum atomic E-state index is 14.0. The second kappa shape index (κ2) is 10.5. The van der Waals surface area contributed by atoms with Crippen LogP contribution in [0.3, 0.4) is 0 Å². The molecule has 1 amide bonds. The van der Waals surface area contributed by atoms with Crippen LogP contribution in [0.1, 0.15) is 35.3 Å². The lowest BCUT2D eigenvalue weighted by Gasteiger charge is -2.25. The van der Waals surface area contributed by atoms with Gasteiger partial charge in [-0.2, -0.15) is 13.2 Å². The van der Waals surface area contributed by atoms with Crippen molar-refractivity contribution in [2.45, 2.75) is 32.0 Å². The molecule has 1 aliphatic rings. The van der Waals surface area contributed by atoms with Gasteiger partial charge in [-0.05, 0) is 56.3 Å². The van der Waals surface area contributed by atoms with Crippen LogP contribution in [-0.4, -0.2) is 41.7 Å². The Labute approximate surface area is 238 Å². The van der Waals surface area contributed by atoms with E-state index < -0.39 is 23.2 Å². The molecule has 4 aromatic rings. The van der Waals surface area contributed by atoms with E-state index in [2.05, 4.69) is 10.3 Å². The molecule has 0 atom stereocenters. The molecule has 0 aliphatic carbocycles. The minimum absolute atomic E-state index is 0.109. The van der Waals surface area contributed by atoms with Crippen molar-refractivity contribution in [1.82, 2.24) is 9.97 Å². The first-order valence-electron chi connectivity index (χ1n) is 12.3. The van der Waals surface area contributed by atoms with Gasteiger partial charge in [0.15, 0.2) is 0 Å². The number of rotatable bonds is 7. The van der Waals surface area contributed by atoms with Crippen LogP contribution in [0, 0.1) is 0 Å². The molecule has 1 aliphatic heterocycles. The average Bonchev–Trinajstić information content (AvgIpc) is 3.44. The summed E-state index contributed by atoms with van der Waals surface area (Å²) in [5.41, 5.74) is 1.50. The zero-order valence-electron chi connectivity index (χ0n) is 21.7. The van der Waals surface area contributed by atoms with Gasteiger partial charge in [0.05, 0.1) is 44.5 Å². The number of amides is 1. The number of nitrogens with zero attached hydrogens (tertiary/aromatic N) is 2. The summed E-state index contributed by atoms with van der Waals surface area (Å²) in [6, 6.07) is 11.2. The van der Waals surface area contributed by atoms with Crippen LogP contribution in [-0.2, 0) is 17.3 Å². The van der Waals surface area contributed by atoms with Crippen LogP contribution in [0.4, 0.5) is 30.5 Å². The molecule has 1 aromatic heterocycles. The number of halogens is 5. The van der Waals surface area contributed by atoms with Crippen molar-refractivity contribution in [1.29, 1.82) is 0 Å². The average molecular weight is 593 g/mol. The van der Waals surface area contributed by atoms with Gasteiger partial charge in [-0.25, -0.2) is 4.98 Å². The third kappa shape index (κ3) is 5.43. The Morgan fingerprint density at radius 1 is 1.18 bits per heavy atom. The molecule has 5 rings (SSSR count). The number of hydrogen-bond donors (Lipinski definition) is 2. The lowest BCUT2D eigenvalue weighted by molar-refractivity contribution is -0.137. The molecule has 3 aromatic carbocycles. The fourth-order valence-corrected chi connectivity index (χ4v) is 5.17. The van der Waals surface area contributed by atoms with Gasteiger partial charge < -0.3 is 24.7 Å². The number of alkyl halides is 3. The molecule has 2 N–H and O–H groups in total. The molecule has 0 bridgehead atoms. The van der Waals surface area contributed by atoms with E-state index in [1.54, 1.807) is 24.3 Å². The number of benzene rings is 3. The van der Waals surface area contributed by atoms with Crippen molar-refractivity contribution >= 4 is 57.5 Å². The normalized spacial score (nSPS) is 14.2. The Morgan fingerprint density at radius 2 is 1.85 bits per heavy atom.